The molecule has 0 amide bonds. The molecule has 1 saturated carbocycles. The Bertz CT molecular complexity index is 583. The highest BCUT2D eigenvalue weighted by Crippen LogP contribution is 2.25. The second kappa shape index (κ2) is 7.95. The molecule has 0 unspecified atom stereocenters. The first kappa shape index (κ1) is 17.3. The van der Waals surface area contributed by atoms with Gasteiger partial charge >= 0.3 is 7.25 Å². The molecule has 2 aromatic rings. The van der Waals surface area contributed by atoms with Gasteiger partial charge in [-0.15, -0.1) is 0 Å². The maximum absolute atomic E-state index is 9.75. The van der Waals surface area contributed by atoms with Crippen LogP contribution in [0.5, 0.6) is 0 Å². The van der Waals surface area contributed by atoms with Gasteiger partial charge in [-0.1, -0.05) is 36.4 Å². The Kier molecular flexibility index (Phi) is 5.96. The zero-order valence-corrected chi connectivity index (χ0v) is 12.6. The number of para-hydroxylation sites is 2. The summed E-state index contributed by atoms with van der Waals surface area (Å²) in [6.07, 6.45) is 5.10. The first-order valence-corrected chi connectivity index (χ1v) is 7.57. The number of hydrogen-bond acceptors (Lipinski definition) is 0. The van der Waals surface area contributed by atoms with E-state index in [1.807, 2.05) is 0 Å². The van der Waals surface area contributed by atoms with Crippen molar-refractivity contribution in [3.8, 4) is 0 Å². The van der Waals surface area contributed by atoms with Crippen molar-refractivity contribution >= 4 is 24.3 Å². The summed E-state index contributed by atoms with van der Waals surface area (Å²) in [7, 11) is -6.00. The Morgan fingerprint density at radius 2 is 1.00 bits per heavy atom. The van der Waals surface area contributed by atoms with Crippen molar-refractivity contribution in [3.63, 3.8) is 0 Å². The van der Waals surface area contributed by atoms with Crippen LogP contribution in [0, 0.1) is 0 Å². The number of benzene rings is 2. The van der Waals surface area contributed by atoms with Gasteiger partial charge in [0.2, 0.25) is 11.4 Å². The van der Waals surface area contributed by atoms with E-state index in [0.717, 1.165) is 0 Å². The van der Waals surface area contributed by atoms with Crippen LogP contribution in [0.1, 0.15) is 25.7 Å². The van der Waals surface area contributed by atoms with Gasteiger partial charge in [0.25, 0.3) is 0 Å². The van der Waals surface area contributed by atoms with Crippen molar-refractivity contribution in [2.24, 2.45) is 0 Å². The molecule has 0 N–H and O–H groups in total. The Morgan fingerprint density at radius 1 is 0.652 bits per heavy atom. The van der Waals surface area contributed by atoms with Crippen LogP contribution < -0.4 is 4.58 Å². The van der Waals surface area contributed by atoms with E-state index in [1.54, 1.807) is 5.71 Å². The molecular weight excluding hydrogens is 305 g/mol. The third-order valence-corrected chi connectivity index (χ3v) is 3.53. The van der Waals surface area contributed by atoms with Gasteiger partial charge in [-0.3, -0.25) is 0 Å². The van der Waals surface area contributed by atoms with E-state index in [-0.39, 0.29) is 0 Å². The topological polar surface area (TPSA) is 3.01 Å². The normalized spacial score (nSPS) is 14.2. The van der Waals surface area contributed by atoms with Crippen molar-refractivity contribution in [1.29, 1.82) is 0 Å². The summed E-state index contributed by atoms with van der Waals surface area (Å²) in [6, 6.07) is 21.4. The molecule has 122 valence electrons. The fourth-order valence-corrected chi connectivity index (χ4v) is 2.68. The second-order valence-electron chi connectivity index (χ2n) is 5.27. The lowest BCUT2D eigenvalue weighted by atomic mass is 10.2. The summed E-state index contributed by atoms with van der Waals surface area (Å²) in [5, 5.41) is 0. The molecule has 0 heterocycles. The minimum atomic E-state index is -6.00. The number of hydrogen-bond donors (Lipinski definition) is 0. The number of nitrogens with zero attached hydrogens (tertiary/aromatic N) is 1. The maximum atomic E-state index is 9.75. The molecule has 2 aromatic carbocycles. The van der Waals surface area contributed by atoms with Gasteiger partial charge in [-0.05, 0) is 12.8 Å². The molecular formula is C17H18BF4N. The monoisotopic (exact) mass is 323 g/mol. The van der Waals surface area contributed by atoms with Crippen molar-refractivity contribution < 1.29 is 17.3 Å². The zero-order chi connectivity index (χ0) is 16.7. The molecule has 0 bridgehead atoms. The molecule has 6 heteroatoms. The lowest BCUT2D eigenvalue weighted by Gasteiger charge is -2.05. The quantitative estimate of drug-likeness (QED) is 0.371. The van der Waals surface area contributed by atoms with E-state index in [1.165, 1.54) is 37.1 Å². The summed E-state index contributed by atoms with van der Waals surface area (Å²) in [6.45, 7) is 0. The van der Waals surface area contributed by atoms with Crippen LogP contribution >= 0.6 is 0 Å². The minimum Gasteiger partial charge on any atom is -0.418 e. The predicted molar refractivity (Wildman–Crippen MR) is 88.0 cm³/mol. The van der Waals surface area contributed by atoms with Gasteiger partial charge in [0.15, 0.2) is 5.71 Å². The summed E-state index contributed by atoms with van der Waals surface area (Å²) in [5.41, 5.74) is 4.11. The van der Waals surface area contributed by atoms with Gasteiger partial charge in [0.1, 0.15) is 0 Å². The van der Waals surface area contributed by atoms with Gasteiger partial charge in [0.05, 0.1) is 0 Å². The van der Waals surface area contributed by atoms with Crippen LogP contribution in [0.15, 0.2) is 60.7 Å². The molecule has 3 rings (SSSR count). The highest BCUT2D eigenvalue weighted by Gasteiger charge is 2.23. The fraction of sp³-hybridized carbons (Fsp3) is 0.235. The van der Waals surface area contributed by atoms with E-state index < -0.39 is 7.25 Å². The van der Waals surface area contributed by atoms with Crippen molar-refractivity contribution in [3.05, 3.63) is 60.7 Å². The van der Waals surface area contributed by atoms with Gasteiger partial charge in [-0.2, -0.15) is 4.58 Å². The van der Waals surface area contributed by atoms with Gasteiger partial charge in [0, 0.05) is 37.1 Å². The molecule has 0 aromatic heterocycles. The SMILES string of the molecule is F[B-](F)(F)F.c1ccc([N+](=C2CCCC2)c2ccccc2)cc1. The van der Waals surface area contributed by atoms with Crippen molar-refractivity contribution in [1.82, 2.24) is 4.58 Å². The minimum absolute atomic E-state index is 1.23. The summed E-state index contributed by atoms with van der Waals surface area (Å²) in [4.78, 5) is 0. The average Bonchev–Trinajstić information content (AvgIpc) is 3.02. The first-order valence-electron chi connectivity index (χ1n) is 7.57. The maximum Gasteiger partial charge on any atom is 0.673 e. The van der Waals surface area contributed by atoms with Gasteiger partial charge < -0.3 is 17.3 Å². The summed E-state index contributed by atoms with van der Waals surface area (Å²) < 4.78 is 41.4. The van der Waals surface area contributed by atoms with Crippen LogP contribution in [0.4, 0.5) is 28.6 Å². The van der Waals surface area contributed by atoms with Crippen LogP contribution in [0.3, 0.4) is 0 Å². The lowest BCUT2D eigenvalue weighted by Crippen LogP contribution is -2.13. The Morgan fingerprint density at radius 3 is 1.35 bits per heavy atom. The Hall–Kier alpha value is -2.11. The first-order chi connectivity index (χ1) is 10.9. The van der Waals surface area contributed by atoms with Gasteiger partial charge in [-0.25, -0.2) is 0 Å². The number of rotatable bonds is 2. The number of halogens is 4. The van der Waals surface area contributed by atoms with E-state index in [2.05, 4.69) is 65.2 Å². The second-order valence-corrected chi connectivity index (χ2v) is 5.27. The molecule has 1 nitrogen and oxygen atoms in total. The highest BCUT2D eigenvalue weighted by atomic mass is 19.5. The molecule has 0 radical (unpaired) electrons. The molecule has 0 atom stereocenters. The van der Waals surface area contributed by atoms with Crippen molar-refractivity contribution in [2.75, 3.05) is 0 Å². The van der Waals surface area contributed by atoms with Crippen LogP contribution in [-0.2, 0) is 0 Å². The largest absolute Gasteiger partial charge is 0.673 e. The predicted octanol–water partition coefficient (Wildman–Crippen LogP) is 5.84. The molecule has 0 spiro atoms. The fourth-order valence-electron chi connectivity index (χ4n) is 2.68. The van der Waals surface area contributed by atoms with Crippen LogP contribution in [0.2, 0.25) is 0 Å². The Balaban J connectivity index is 0.000000338. The third-order valence-electron chi connectivity index (χ3n) is 3.53. The molecule has 0 saturated heterocycles. The summed E-state index contributed by atoms with van der Waals surface area (Å²) in [5.74, 6) is 0. The molecule has 1 aliphatic rings. The highest BCUT2D eigenvalue weighted by molar-refractivity contribution is 6.50. The van der Waals surface area contributed by atoms with E-state index >= 15 is 0 Å². The standard InChI is InChI=1S/C17H18N.BF4/c1-3-9-15(10-4-1)18(17-13-7-8-14-17)16-11-5-2-6-12-16;2-1(3,4)5/h1-6,9-12H,7-8,13-14H2;/q+1;-1. The Labute approximate surface area is 133 Å². The van der Waals surface area contributed by atoms with Crippen LogP contribution in [-0.4, -0.2) is 13.0 Å². The lowest BCUT2D eigenvalue weighted by molar-refractivity contribution is 0.368. The smallest absolute Gasteiger partial charge is 0.418 e. The molecule has 0 aliphatic heterocycles. The summed E-state index contributed by atoms with van der Waals surface area (Å²) >= 11 is 0. The zero-order valence-electron chi connectivity index (χ0n) is 12.6. The van der Waals surface area contributed by atoms with E-state index in [4.69, 9.17) is 0 Å². The molecule has 1 aliphatic carbocycles. The molecule has 1 fully saturated rings. The molecule has 23 heavy (non-hydrogen) atoms. The van der Waals surface area contributed by atoms with E-state index in [0.29, 0.717) is 0 Å². The van der Waals surface area contributed by atoms with Crippen LogP contribution in [0.25, 0.3) is 0 Å². The van der Waals surface area contributed by atoms with Crippen molar-refractivity contribution in [2.45, 2.75) is 25.7 Å². The third kappa shape index (κ3) is 5.89. The van der Waals surface area contributed by atoms with E-state index in [9.17, 15) is 17.3 Å². The average molecular weight is 323 g/mol.